The molecule has 4 rings (SSSR count). The average molecular weight is 517 g/mol. The number of benzene rings is 1. The van der Waals surface area contributed by atoms with E-state index in [9.17, 15) is 13.2 Å². The van der Waals surface area contributed by atoms with Crippen LogP contribution in [0.2, 0.25) is 0 Å². The number of thiophene rings is 1. The van der Waals surface area contributed by atoms with Crippen LogP contribution in [0.3, 0.4) is 0 Å². The van der Waals surface area contributed by atoms with E-state index in [4.69, 9.17) is 9.47 Å². The minimum atomic E-state index is -3.15. The summed E-state index contributed by atoms with van der Waals surface area (Å²) >= 11 is 1.63. The predicted octanol–water partition coefficient (Wildman–Crippen LogP) is 4.74. The fourth-order valence-corrected chi connectivity index (χ4v) is 5.31. The molecule has 1 aliphatic rings. The smallest absolute Gasteiger partial charge is 0.270 e. The molecule has 3 aromatic rings. The summed E-state index contributed by atoms with van der Waals surface area (Å²) in [6.45, 7) is 6.77. The van der Waals surface area contributed by atoms with Crippen LogP contribution in [0.25, 0.3) is 21.7 Å². The molecule has 7 nitrogen and oxygen atoms in total. The molecule has 9 heteroatoms. The van der Waals surface area contributed by atoms with Crippen molar-refractivity contribution in [2.45, 2.75) is 39.3 Å². The zero-order valence-electron chi connectivity index (χ0n) is 21.0. The van der Waals surface area contributed by atoms with E-state index in [2.05, 4.69) is 10.6 Å². The van der Waals surface area contributed by atoms with Gasteiger partial charge in [-0.25, -0.2) is 8.42 Å². The molecule has 0 unspecified atom stereocenters. The molecule has 0 saturated carbocycles. The van der Waals surface area contributed by atoms with Gasteiger partial charge in [0.2, 0.25) is 0 Å². The molecule has 3 heterocycles. The maximum Gasteiger partial charge on any atom is 0.270 e. The van der Waals surface area contributed by atoms with Crippen LogP contribution < -0.4 is 9.47 Å². The number of carbonyl (C=O) groups is 1. The van der Waals surface area contributed by atoms with Gasteiger partial charge in [-0.15, -0.1) is 11.3 Å². The van der Waals surface area contributed by atoms with Gasteiger partial charge in [-0.05, 0) is 62.4 Å². The van der Waals surface area contributed by atoms with Gasteiger partial charge in [0.15, 0.2) is 21.3 Å². The highest BCUT2D eigenvalue weighted by Gasteiger charge is 2.32. The lowest BCUT2D eigenvalue weighted by atomic mass is 9.95. The van der Waals surface area contributed by atoms with Gasteiger partial charge in [-0.2, -0.15) is 0 Å². The normalized spacial score (nSPS) is 13.2. The monoisotopic (exact) mass is 516 g/mol. The van der Waals surface area contributed by atoms with Crippen molar-refractivity contribution in [1.29, 1.82) is 0 Å². The van der Waals surface area contributed by atoms with Crippen molar-refractivity contribution >= 4 is 27.1 Å². The van der Waals surface area contributed by atoms with Gasteiger partial charge in [0.1, 0.15) is 12.3 Å². The van der Waals surface area contributed by atoms with E-state index in [0.29, 0.717) is 23.7 Å². The molecule has 2 aromatic heterocycles. The Hall–Kier alpha value is -2.78. The zero-order valence-corrected chi connectivity index (χ0v) is 22.7. The molecule has 0 N–H and O–H groups in total. The summed E-state index contributed by atoms with van der Waals surface area (Å²) in [7, 11) is 0.259. The van der Waals surface area contributed by atoms with Gasteiger partial charge in [-0.1, -0.05) is 6.07 Å². The molecule has 1 aromatic carbocycles. The van der Waals surface area contributed by atoms with Crippen molar-refractivity contribution in [3.63, 3.8) is 0 Å². The third-order valence-electron chi connectivity index (χ3n) is 6.37. The lowest BCUT2D eigenvalue weighted by Crippen LogP contribution is -2.43. The number of hydrogen-bond acceptors (Lipinski definition) is 6. The molecular formula is C26H32N2O5S2. The number of nitrogens with zero attached hydrogens (tertiary/aromatic N) is 2. The van der Waals surface area contributed by atoms with E-state index in [-0.39, 0.29) is 23.8 Å². The molecule has 0 saturated heterocycles. The second-order valence-corrected chi connectivity index (χ2v) is 13.1. The molecule has 0 atom stereocenters. The molecule has 0 aliphatic carbocycles. The number of hydrogen-bond donors (Lipinski definition) is 0. The third kappa shape index (κ3) is 5.11. The van der Waals surface area contributed by atoms with Crippen LogP contribution in [0, 0.1) is 0 Å². The number of ether oxygens (including phenoxy) is 2. The summed E-state index contributed by atoms with van der Waals surface area (Å²) in [6.07, 6.45) is 1.92. The Kier molecular flexibility index (Phi) is 6.76. The van der Waals surface area contributed by atoms with E-state index in [1.54, 1.807) is 23.3 Å². The maximum atomic E-state index is 13.6. The van der Waals surface area contributed by atoms with E-state index in [1.165, 1.54) is 6.26 Å². The fraction of sp³-hybridized carbons (Fsp3) is 0.423. The Morgan fingerprint density at radius 1 is 1.17 bits per heavy atom. The molecule has 1 amide bonds. The van der Waals surface area contributed by atoms with E-state index in [1.807, 2.05) is 57.5 Å². The molecule has 35 heavy (non-hydrogen) atoms. The van der Waals surface area contributed by atoms with Crippen molar-refractivity contribution in [2.75, 3.05) is 32.8 Å². The summed E-state index contributed by atoms with van der Waals surface area (Å²) in [6, 6.07) is 9.94. The van der Waals surface area contributed by atoms with E-state index < -0.39 is 9.84 Å². The number of methoxy groups -OCH3 is 1. The summed E-state index contributed by atoms with van der Waals surface area (Å²) in [5, 5.41) is 2.03. The molecule has 1 aliphatic heterocycles. The Morgan fingerprint density at radius 3 is 2.51 bits per heavy atom. The highest BCUT2D eigenvalue weighted by molar-refractivity contribution is 7.90. The van der Waals surface area contributed by atoms with Gasteiger partial charge in [0.05, 0.1) is 18.6 Å². The lowest BCUT2D eigenvalue weighted by Gasteiger charge is -2.32. The Bertz CT molecular complexity index is 1350. The minimum absolute atomic E-state index is 0.0249. The first-order chi connectivity index (χ1) is 16.4. The summed E-state index contributed by atoms with van der Waals surface area (Å²) < 4.78 is 36.7. The molecule has 0 fully saturated rings. The number of aromatic nitrogens is 1. The average Bonchev–Trinajstić information content (AvgIpc) is 3.44. The molecular weight excluding hydrogens is 484 g/mol. The number of amides is 1. The van der Waals surface area contributed by atoms with Gasteiger partial charge in [0.25, 0.3) is 5.91 Å². The van der Waals surface area contributed by atoms with Crippen molar-refractivity contribution in [1.82, 2.24) is 9.47 Å². The second kappa shape index (κ2) is 9.35. The number of rotatable bonds is 7. The van der Waals surface area contributed by atoms with Crippen LogP contribution in [0.4, 0.5) is 0 Å². The standard InChI is InChI=1S/C26H32N2O5S2/c1-26(2,3)27(4)25(29)20-15-19(23-8-7-12-34-23)24-18-16-22(33-11-13-35(6,30)31)21(32-5)14-17(18)9-10-28(20)24/h7-8,12,14-16H,9-11,13H2,1-6H3. The molecule has 188 valence electrons. The maximum absolute atomic E-state index is 13.6. The molecule has 0 spiro atoms. The topological polar surface area (TPSA) is 77.8 Å². The number of aryl methyl sites for hydroxylation is 1. The summed E-state index contributed by atoms with van der Waals surface area (Å²) in [5.41, 5.74) is 4.37. The predicted molar refractivity (Wildman–Crippen MR) is 140 cm³/mol. The van der Waals surface area contributed by atoms with Gasteiger partial charge in [-0.3, -0.25) is 4.79 Å². The first kappa shape index (κ1) is 25.3. The molecule has 0 bridgehead atoms. The number of sulfone groups is 1. The first-order valence-electron chi connectivity index (χ1n) is 11.5. The van der Waals surface area contributed by atoms with Crippen LogP contribution in [0.5, 0.6) is 11.5 Å². The van der Waals surface area contributed by atoms with Crippen LogP contribution in [-0.4, -0.2) is 62.1 Å². The summed E-state index contributed by atoms with van der Waals surface area (Å²) in [5.74, 6) is 0.949. The number of fused-ring (bicyclic) bond motifs is 3. The Labute approximate surface area is 211 Å². The van der Waals surface area contributed by atoms with Gasteiger partial charge >= 0.3 is 0 Å². The molecule has 0 radical (unpaired) electrons. The number of carbonyl (C=O) groups excluding carboxylic acids is 1. The largest absolute Gasteiger partial charge is 0.493 e. The van der Waals surface area contributed by atoms with E-state index in [0.717, 1.165) is 33.7 Å². The van der Waals surface area contributed by atoms with Gasteiger partial charge < -0.3 is 18.9 Å². The second-order valence-electron chi connectivity index (χ2n) is 9.84. The van der Waals surface area contributed by atoms with Crippen molar-refractivity contribution < 1.29 is 22.7 Å². The first-order valence-corrected chi connectivity index (χ1v) is 14.4. The van der Waals surface area contributed by atoms with Crippen LogP contribution in [-0.2, 0) is 22.8 Å². The Balaban J connectivity index is 1.86. The van der Waals surface area contributed by atoms with Crippen LogP contribution in [0.15, 0.2) is 35.7 Å². The third-order valence-corrected chi connectivity index (χ3v) is 8.19. The van der Waals surface area contributed by atoms with Crippen molar-refractivity contribution in [3.8, 4) is 33.2 Å². The van der Waals surface area contributed by atoms with Crippen molar-refractivity contribution in [3.05, 3.63) is 47.0 Å². The highest BCUT2D eigenvalue weighted by Crippen LogP contribution is 2.45. The van der Waals surface area contributed by atoms with Crippen molar-refractivity contribution in [2.24, 2.45) is 0 Å². The Morgan fingerprint density at radius 2 is 1.91 bits per heavy atom. The lowest BCUT2D eigenvalue weighted by molar-refractivity contribution is 0.0644. The van der Waals surface area contributed by atoms with Crippen LogP contribution >= 0.6 is 11.3 Å². The fourth-order valence-electron chi connectivity index (χ4n) is 4.18. The van der Waals surface area contributed by atoms with E-state index >= 15 is 0 Å². The van der Waals surface area contributed by atoms with Gasteiger partial charge in [0, 0.05) is 41.4 Å². The highest BCUT2D eigenvalue weighted by atomic mass is 32.2. The van der Waals surface area contributed by atoms with Crippen LogP contribution in [0.1, 0.15) is 36.8 Å². The quantitative estimate of drug-likeness (QED) is 0.453. The zero-order chi connectivity index (χ0) is 25.5. The SMILES string of the molecule is COc1cc2c(cc1OCCS(C)(=O)=O)-c1c(-c3cccs3)cc(C(=O)N(C)C(C)(C)C)n1CC2. The minimum Gasteiger partial charge on any atom is -0.493 e. The summed E-state index contributed by atoms with van der Waals surface area (Å²) in [4.78, 5) is 16.4.